The van der Waals surface area contributed by atoms with Crippen LogP contribution in [-0.2, 0) is 16.4 Å². The molecule has 0 aromatic carbocycles. The number of pyridine rings is 1. The van der Waals surface area contributed by atoms with Crippen LogP contribution in [0, 0.1) is 11.8 Å². The summed E-state index contributed by atoms with van der Waals surface area (Å²) in [5.41, 5.74) is 1.17. The molecule has 210 valence electrons. The molecule has 38 heavy (non-hydrogen) atoms. The van der Waals surface area contributed by atoms with Gasteiger partial charge in [-0.3, -0.25) is 9.48 Å². The van der Waals surface area contributed by atoms with Crippen LogP contribution >= 0.6 is 11.6 Å². The van der Waals surface area contributed by atoms with Gasteiger partial charge in [-0.1, -0.05) is 11.6 Å². The van der Waals surface area contributed by atoms with Crippen LogP contribution in [0.25, 0.3) is 11.3 Å². The van der Waals surface area contributed by atoms with Crippen LogP contribution in [-0.4, -0.2) is 73.8 Å². The van der Waals surface area contributed by atoms with Crippen molar-refractivity contribution in [2.45, 2.75) is 57.2 Å². The number of aromatic nitrogens is 3. The molecule has 4 rings (SSSR count). The second-order valence-corrected chi connectivity index (χ2v) is 12.9. The summed E-state index contributed by atoms with van der Waals surface area (Å²) in [7, 11) is -1.52. The van der Waals surface area contributed by atoms with Crippen molar-refractivity contribution >= 4 is 33.2 Å². The Hall–Kier alpha value is -2.47. The average Bonchev–Trinajstić information content (AvgIpc) is 3.19. The zero-order valence-electron chi connectivity index (χ0n) is 21.8. The number of nitrogens with zero attached hydrogens (tertiary/aromatic N) is 4. The smallest absolute Gasteiger partial charge is 0.273 e. The Morgan fingerprint density at radius 1 is 1.24 bits per heavy atom. The van der Waals surface area contributed by atoms with Crippen LogP contribution in [0.5, 0.6) is 5.75 Å². The second-order valence-electron chi connectivity index (χ2n) is 10.1. The molecule has 2 aromatic heterocycles. The van der Waals surface area contributed by atoms with Gasteiger partial charge in [0, 0.05) is 51.1 Å². The summed E-state index contributed by atoms with van der Waals surface area (Å²) in [4.78, 5) is 19.4. The van der Waals surface area contributed by atoms with Crippen molar-refractivity contribution in [2.24, 2.45) is 11.8 Å². The van der Waals surface area contributed by atoms with E-state index >= 15 is 0 Å². The Morgan fingerprint density at radius 3 is 2.50 bits per heavy atom. The number of aryl methyl sites for hydroxylation is 1. The van der Waals surface area contributed by atoms with Gasteiger partial charge in [-0.05, 0) is 44.4 Å². The van der Waals surface area contributed by atoms with E-state index in [9.17, 15) is 22.0 Å². The van der Waals surface area contributed by atoms with E-state index in [0.29, 0.717) is 61.8 Å². The lowest BCUT2D eigenvalue weighted by molar-refractivity contribution is 0.0937. The van der Waals surface area contributed by atoms with Gasteiger partial charge in [-0.25, -0.2) is 22.2 Å². The van der Waals surface area contributed by atoms with E-state index in [0.717, 1.165) is 12.8 Å². The Morgan fingerprint density at radius 2 is 1.92 bits per heavy atom. The molecular formula is C25H34ClF2N5O4S. The van der Waals surface area contributed by atoms with E-state index in [1.165, 1.54) is 13.4 Å². The van der Waals surface area contributed by atoms with Crippen molar-refractivity contribution in [3.63, 3.8) is 0 Å². The fraction of sp³-hybridized carbons (Fsp3) is 0.640. The van der Waals surface area contributed by atoms with Gasteiger partial charge in [0.15, 0.2) is 5.69 Å². The highest BCUT2D eigenvalue weighted by Crippen LogP contribution is 2.39. The number of nitrogens with one attached hydrogen (secondary N) is 1. The molecule has 0 unspecified atom stereocenters. The topological polar surface area (TPSA) is 106 Å². The number of carbonyl (C=O) groups is 1. The zero-order valence-corrected chi connectivity index (χ0v) is 23.4. The highest BCUT2D eigenvalue weighted by atomic mass is 35.5. The first-order valence-electron chi connectivity index (χ1n) is 12.8. The number of carbonyl (C=O) groups excluding carboxylic acids is 1. The Labute approximate surface area is 226 Å². The molecule has 9 nitrogen and oxygen atoms in total. The molecule has 1 saturated heterocycles. The van der Waals surface area contributed by atoms with E-state index in [1.807, 2.05) is 11.8 Å². The average molecular weight is 574 g/mol. The Kier molecular flexibility index (Phi) is 8.81. The van der Waals surface area contributed by atoms with Crippen LogP contribution in [0.3, 0.4) is 0 Å². The lowest BCUT2D eigenvalue weighted by atomic mass is 9.89. The minimum Gasteiger partial charge on any atom is -0.496 e. The SMILES string of the molecule is CCn1nc(C(=O)NCC2CCC(S(C)(=O)=O)CC2)c(Cl)c1-c1cnc(N2CC(CC(F)F)C2)cc1OC. The van der Waals surface area contributed by atoms with E-state index < -0.39 is 22.2 Å². The molecule has 1 saturated carbocycles. The zero-order chi connectivity index (χ0) is 27.6. The van der Waals surface area contributed by atoms with Crippen LogP contribution in [0.2, 0.25) is 5.02 Å². The van der Waals surface area contributed by atoms with Gasteiger partial charge in [0.2, 0.25) is 6.43 Å². The number of ether oxygens (including phenoxy) is 1. The molecule has 0 radical (unpaired) electrons. The van der Waals surface area contributed by atoms with Crippen molar-refractivity contribution in [3.8, 4) is 17.0 Å². The van der Waals surface area contributed by atoms with Gasteiger partial charge < -0.3 is 15.0 Å². The van der Waals surface area contributed by atoms with Gasteiger partial charge >= 0.3 is 0 Å². The minimum atomic E-state index is -3.04. The predicted octanol–water partition coefficient (Wildman–Crippen LogP) is 4.05. The minimum absolute atomic E-state index is 0.0609. The number of alkyl halides is 2. The monoisotopic (exact) mass is 573 g/mol. The normalized spacial score (nSPS) is 20.4. The molecule has 2 aliphatic rings. The fourth-order valence-electron chi connectivity index (χ4n) is 5.26. The Bertz CT molecular complexity index is 1260. The first-order chi connectivity index (χ1) is 18.0. The first kappa shape index (κ1) is 28.5. The van der Waals surface area contributed by atoms with Crippen molar-refractivity contribution in [2.75, 3.05) is 37.9 Å². The molecule has 13 heteroatoms. The van der Waals surface area contributed by atoms with Gasteiger partial charge in [0.1, 0.15) is 21.4 Å². The molecule has 2 aromatic rings. The van der Waals surface area contributed by atoms with Gasteiger partial charge in [-0.15, -0.1) is 0 Å². The third-order valence-electron chi connectivity index (χ3n) is 7.48. The number of rotatable bonds is 10. The van der Waals surface area contributed by atoms with Crippen molar-refractivity contribution in [1.29, 1.82) is 0 Å². The third-order valence-corrected chi connectivity index (χ3v) is 9.52. The van der Waals surface area contributed by atoms with Gasteiger partial charge in [0.05, 0.1) is 28.6 Å². The van der Waals surface area contributed by atoms with Crippen LogP contribution in [0.15, 0.2) is 12.3 Å². The maximum Gasteiger partial charge on any atom is 0.273 e. The Balaban J connectivity index is 1.46. The molecule has 0 atom stereocenters. The highest BCUT2D eigenvalue weighted by molar-refractivity contribution is 7.91. The predicted molar refractivity (Wildman–Crippen MR) is 142 cm³/mol. The summed E-state index contributed by atoms with van der Waals surface area (Å²) in [5, 5.41) is 7.22. The van der Waals surface area contributed by atoms with E-state index in [4.69, 9.17) is 16.3 Å². The summed E-state index contributed by atoms with van der Waals surface area (Å²) in [6.45, 7) is 3.76. The number of halogens is 3. The van der Waals surface area contributed by atoms with Crippen molar-refractivity contribution in [1.82, 2.24) is 20.1 Å². The van der Waals surface area contributed by atoms with Crippen molar-refractivity contribution < 1.29 is 26.7 Å². The van der Waals surface area contributed by atoms with E-state index in [-0.39, 0.29) is 34.2 Å². The van der Waals surface area contributed by atoms with E-state index in [2.05, 4.69) is 15.4 Å². The quantitative estimate of drug-likeness (QED) is 0.457. The molecule has 3 heterocycles. The summed E-state index contributed by atoms with van der Waals surface area (Å²) >= 11 is 6.69. The highest BCUT2D eigenvalue weighted by Gasteiger charge is 2.32. The molecule has 1 N–H and O–H groups in total. The number of amides is 1. The number of hydrogen-bond donors (Lipinski definition) is 1. The number of anilines is 1. The lowest BCUT2D eigenvalue weighted by Gasteiger charge is -2.40. The first-order valence-corrected chi connectivity index (χ1v) is 15.2. The fourth-order valence-corrected chi connectivity index (χ4v) is 6.71. The molecule has 1 amide bonds. The summed E-state index contributed by atoms with van der Waals surface area (Å²) < 4.78 is 56.1. The van der Waals surface area contributed by atoms with Crippen LogP contribution in [0.1, 0.15) is 49.5 Å². The van der Waals surface area contributed by atoms with Gasteiger partial charge in [0.25, 0.3) is 5.91 Å². The molecule has 0 bridgehead atoms. The number of sulfone groups is 1. The maximum atomic E-state index is 13.0. The van der Waals surface area contributed by atoms with Crippen molar-refractivity contribution in [3.05, 3.63) is 23.0 Å². The van der Waals surface area contributed by atoms with Gasteiger partial charge in [-0.2, -0.15) is 5.10 Å². The summed E-state index contributed by atoms with van der Waals surface area (Å²) in [5.74, 6) is 0.843. The molecule has 1 aliphatic carbocycles. The summed E-state index contributed by atoms with van der Waals surface area (Å²) in [6, 6.07) is 1.74. The molecule has 0 spiro atoms. The maximum absolute atomic E-state index is 13.0. The standard InChI is InChI=1S/C25H34ClF2N5O4S/c1-4-33-24(18-12-29-21(10-19(18)37-2)32-13-16(14-32)9-20(27)28)22(26)23(31-33)25(34)30-11-15-5-7-17(8-6-15)38(3,35)36/h10,12,15-17,20H,4-9,11,13-14H2,1-3H3,(H,30,34). The molecule has 1 aliphatic heterocycles. The second kappa shape index (κ2) is 11.7. The molecule has 2 fully saturated rings. The number of methoxy groups -OCH3 is 1. The number of hydrogen-bond acceptors (Lipinski definition) is 7. The lowest BCUT2D eigenvalue weighted by Crippen LogP contribution is -2.47. The van der Waals surface area contributed by atoms with Crippen LogP contribution < -0.4 is 15.0 Å². The van der Waals surface area contributed by atoms with Crippen LogP contribution in [0.4, 0.5) is 14.6 Å². The molecular weight excluding hydrogens is 540 g/mol. The largest absolute Gasteiger partial charge is 0.496 e. The third kappa shape index (κ3) is 6.22. The summed E-state index contributed by atoms with van der Waals surface area (Å²) in [6.07, 6.45) is 3.10. The van der Waals surface area contributed by atoms with E-state index in [1.54, 1.807) is 16.9 Å².